The molecule has 0 atom stereocenters. The molecule has 1 aromatic carbocycles. The first kappa shape index (κ1) is 12.0. The van der Waals surface area contributed by atoms with E-state index in [1.807, 2.05) is 60.2 Å². The summed E-state index contributed by atoms with van der Waals surface area (Å²) in [5.41, 5.74) is 1.91. The molecule has 0 N–H and O–H groups in total. The van der Waals surface area contributed by atoms with Gasteiger partial charge in [-0.3, -0.25) is 4.79 Å². The monoisotopic (exact) mass is 290 g/mol. The summed E-state index contributed by atoms with van der Waals surface area (Å²) in [4.78, 5) is 12.0. The third-order valence-corrected chi connectivity index (χ3v) is 3.29. The highest BCUT2D eigenvalue weighted by molar-refractivity contribution is 9.10. The lowest BCUT2D eigenvalue weighted by Gasteiger charge is -2.00. The summed E-state index contributed by atoms with van der Waals surface area (Å²) in [5.74, 6) is 0.113. The molecule has 17 heavy (non-hydrogen) atoms. The Hall–Kier alpha value is -1.48. The maximum absolute atomic E-state index is 12.0. The van der Waals surface area contributed by atoms with Gasteiger partial charge in [-0.1, -0.05) is 29.8 Å². The lowest BCUT2D eigenvalue weighted by Crippen LogP contribution is -2.38. The van der Waals surface area contributed by atoms with Crippen molar-refractivity contribution in [3.05, 3.63) is 64.4 Å². The summed E-state index contributed by atoms with van der Waals surface area (Å²) in [5, 5.41) is 0. The van der Waals surface area contributed by atoms with Gasteiger partial charge in [0.05, 0.1) is 0 Å². The molecule has 0 bridgehead atoms. The van der Waals surface area contributed by atoms with Crippen LogP contribution in [0, 0.1) is 6.92 Å². The van der Waals surface area contributed by atoms with Gasteiger partial charge in [-0.15, -0.1) is 0 Å². The molecule has 1 aromatic heterocycles. The van der Waals surface area contributed by atoms with Crippen LogP contribution in [0.25, 0.3) is 0 Å². The van der Waals surface area contributed by atoms with Crippen molar-refractivity contribution in [1.29, 1.82) is 0 Å². The molecule has 0 unspecified atom stereocenters. The Balaban J connectivity index is 2.17. The molecule has 0 aliphatic rings. The number of aryl methyl sites for hydroxylation is 1. The van der Waals surface area contributed by atoms with Crippen LogP contribution in [0.15, 0.2) is 53.3 Å². The molecule has 1 heterocycles. The van der Waals surface area contributed by atoms with E-state index >= 15 is 0 Å². The quantitative estimate of drug-likeness (QED) is 0.484. The molecule has 0 saturated heterocycles. The Labute approximate surface area is 109 Å². The van der Waals surface area contributed by atoms with Crippen LogP contribution in [0.3, 0.4) is 0 Å². The minimum Gasteiger partial charge on any atom is -0.287 e. The van der Waals surface area contributed by atoms with Gasteiger partial charge >= 0.3 is 0 Å². The maximum atomic E-state index is 12.0. The highest BCUT2D eigenvalue weighted by atomic mass is 79.9. The van der Waals surface area contributed by atoms with E-state index < -0.39 is 0 Å². The van der Waals surface area contributed by atoms with Gasteiger partial charge in [0, 0.05) is 33.6 Å². The van der Waals surface area contributed by atoms with E-state index in [9.17, 15) is 4.79 Å². The van der Waals surface area contributed by atoms with Crippen molar-refractivity contribution in [2.24, 2.45) is 0 Å². The number of nitrogens with zero attached hydrogens (tertiary/aromatic N) is 1. The summed E-state index contributed by atoms with van der Waals surface area (Å²) < 4.78 is 2.78. The maximum Gasteiger partial charge on any atom is 0.248 e. The Kier molecular flexibility index (Phi) is 3.69. The number of aromatic nitrogens is 1. The summed E-state index contributed by atoms with van der Waals surface area (Å²) in [7, 11) is 0. The second-order valence-electron chi connectivity index (χ2n) is 3.94. The number of ketones is 1. The molecule has 0 aliphatic carbocycles. The first-order chi connectivity index (χ1) is 8.16. The lowest BCUT2D eigenvalue weighted by molar-refractivity contribution is -0.694. The predicted octanol–water partition coefficient (Wildman–Crippen LogP) is 2.93. The van der Waals surface area contributed by atoms with Gasteiger partial charge in [-0.2, -0.15) is 4.57 Å². The van der Waals surface area contributed by atoms with Gasteiger partial charge in [0.2, 0.25) is 16.9 Å². The second-order valence-corrected chi connectivity index (χ2v) is 4.75. The van der Waals surface area contributed by atoms with Crippen LogP contribution >= 0.6 is 15.9 Å². The molecule has 0 amide bonds. The van der Waals surface area contributed by atoms with E-state index in [2.05, 4.69) is 15.9 Å². The van der Waals surface area contributed by atoms with Gasteiger partial charge in [-0.25, -0.2) is 0 Å². The van der Waals surface area contributed by atoms with E-state index in [0.717, 1.165) is 15.7 Å². The smallest absolute Gasteiger partial charge is 0.248 e. The van der Waals surface area contributed by atoms with Crippen molar-refractivity contribution in [3.8, 4) is 0 Å². The van der Waals surface area contributed by atoms with Crippen LogP contribution in [0.4, 0.5) is 0 Å². The van der Waals surface area contributed by atoms with Crippen molar-refractivity contribution in [2.75, 3.05) is 0 Å². The molecule has 2 rings (SSSR count). The van der Waals surface area contributed by atoms with Crippen LogP contribution in [-0.4, -0.2) is 5.78 Å². The van der Waals surface area contributed by atoms with E-state index in [0.29, 0.717) is 6.54 Å². The highest BCUT2D eigenvalue weighted by Gasteiger charge is 2.14. The van der Waals surface area contributed by atoms with Gasteiger partial charge in [0.1, 0.15) is 0 Å². The number of rotatable bonds is 3. The van der Waals surface area contributed by atoms with Gasteiger partial charge in [0.25, 0.3) is 0 Å². The van der Waals surface area contributed by atoms with Crippen molar-refractivity contribution < 1.29 is 9.36 Å². The van der Waals surface area contributed by atoms with Crippen molar-refractivity contribution in [1.82, 2.24) is 0 Å². The third-order valence-electron chi connectivity index (χ3n) is 2.57. The summed E-state index contributed by atoms with van der Waals surface area (Å²) in [6, 6.07) is 13.4. The molecule has 2 aromatic rings. The van der Waals surface area contributed by atoms with Crippen LogP contribution in [0.1, 0.15) is 15.9 Å². The average molecular weight is 291 g/mol. The number of carbonyl (C=O) groups excluding carboxylic acids is 1. The fourth-order valence-corrected chi connectivity index (χ4v) is 1.97. The molecular formula is C14H13BrNO+. The standard InChI is InChI=1S/C14H13BrNO/c1-11-5-7-12(8-6-11)13(17)10-16-9-3-2-4-14(16)15/h2-9H,10H2,1H3/q+1. The normalized spacial score (nSPS) is 10.2. The SMILES string of the molecule is Cc1ccc(C(=O)C[n+]2ccccc2Br)cc1. The first-order valence-electron chi connectivity index (χ1n) is 5.40. The van der Waals surface area contributed by atoms with Crippen LogP contribution in [0.5, 0.6) is 0 Å². The molecule has 3 heteroatoms. The number of halogens is 1. The molecule has 0 fully saturated rings. The number of Topliss-reactive ketones (excluding diaryl/α,β-unsaturated/α-hetero) is 1. The minimum absolute atomic E-state index is 0.113. The first-order valence-corrected chi connectivity index (χ1v) is 6.20. The molecule has 86 valence electrons. The zero-order chi connectivity index (χ0) is 12.3. The van der Waals surface area contributed by atoms with E-state index in [4.69, 9.17) is 0 Å². The molecule has 0 aliphatic heterocycles. The zero-order valence-electron chi connectivity index (χ0n) is 9.56. The van der Waals surface area contributed by atoms with Crippen LogP contribution in [-0.2, 0) is 6.54 Å². The van der Waals surface area contributed by atoms with E-state index in [1.165, 1.54) is 0 Å². The van der Waals surface area contributed by atoms with Crippen LogP contribution < -0.4 is 4.57 Å². The largest absolute Gasteiger partial charge is 0.287 e. The third kappa shape index (κ3) is 3.01. The van der Waals surface area contributed by atoms with Gasteiger partial charge in [0.15, 0.2) is 6.20 Å². The van der Waals surface area contributed by atoms with E-state index in [-0.39, 0.29) is 5.78 Å². The molecule has 0 spiro atoms. The predicted molar refractivity (Wildman–Crippen MR) is 69.8 cm³/mol. The Bertz CT molecular complexity index is 534. The van der Waals surface area contributed by atoms with Crippen LogP contribution in [0.2, 0.25) is 0 Å². The van der Waals surface area contributed by atoms with Crippen molar-refractivity contribution >= 4 is 21.7 Å². The fourth-order valence-electron chi connectivity index (χ4n) is 1.57. The summed E-state index contributed by atoms with van der Waals surface area (Å²) >= 11 is 3.42. The zero-order valence-corrected chi connectivity index (χ0v) is 11.1. The molecular weight excluding hydrogens is 278 g/mol. The van der Waals surface area contributed by atoms with Crippen molar-refractivity contribution in [2.45, 2.75) is 13.5 Å². The minimum atomic E-state index is 0.113. The highest BCUT2D eigenvalue weighted by Crippen LogP contribution is 2.06. The number of pyridine rings is 1. The summed E-state index contributed by atoms with van der Waals surface area (Å²) in [6.45, 7) is 2.36. The molecule has 2 nitrogen and oxygen atoms in total. The Morgan fingerprint density at radius 2 is 1.88 bits per heavy atom. The van der Waals surface area contributed by atoms with E-state index in [1.54, 1.807) is 0 Å². The van der Waals surface area contributed by atoms with Crippen molar-refractivity contribution in [3.63, 3.8) is 0 Å². The second kappa shape index (κ2) is 5.23. The Morgan fingerprint density at radius 1 is 1.18 bits per heavy atom. The lowest BCUT2D eigenvalue weighted by atomic mass is 10.1. The number of benzene rings is 1. The topological polar surface area (TPSA) is 20.9 Å². The molecule has 0 radical (unpaired) electrons. The number of carbonyl (C=O) groups is 1. The number of hydrogen-bond donors (Lipinski definition) is 0. The van der Waals surface area contributed by atoms with Gasteiger partial charge < -0.3 is 0 Å². The average Bonchev–Trinajstić information content (AvgIpc) is 2.33. The van der Waals surface area contributed by atoms with Gasteiger partial charge in [-0.05, 0) is 13.0 Å². The summed E-state index contributed by atoms with van der Waals surface area (Å²) in [6.07, 6.45) is 1.89. The Morgan fingerprint density at radius 3 is 2.53 bits per heavy atom. The number of hydrogen-bond acceptors (Lipinski definition) is 1. The fraction of sp³-hybridized carbons (Fsp3) is 0.143. The molecule has 0 saturated carbocycles.